The van der Waals surface area contributed by atoms with Crippen molar-refractivity contribution >= 4 is 16.7 Å². The summed E-state index contributed by atoms with van der Waals surface area (Å²) >= 11 is 0. The normalized spacial score (nSPS) is 10.7. The number of anilines is 1. The summed E-state index contributed by atoms with van der Waals surface area (Å²) in [4.78, 5) is 16.6. The second-order valence-electron chi connectivity index (χ2n) is 4.14. The van der Waals surface area contributed by atoms with Gasteiger partial charge in [-0.3, -0.25) is 4.98 Å². The van der Waals surface area contributed by atoms with Crippen LogP contribution in [-0.4, -0.2) is 26.5 Å². The third-order valence-corrected chi connectivity index (χ3v) is 2.81. The molecule has 6 nitrogen and oxygen atoms in total. The summed E-state index contributed by atoms with van der Waals surface area (Å²) < 4.78 is 5.30. The molecular formula is C14H13N5O. The topological polar surface area (TPSA) is 86.8 Å². The second kappa shape index (κ2) is 5.08. The average Bonchev–Trinajstić information content (AvgIpc) is 2.46. The Balaban J connectivity index is 2.20. The summed E-state index contributed by atoms with van der Waals surface area (Å²) in [5, 5.41) is 2.03. The second-order valence-corrected chi connectivity index (χ2v) is 4.14. The van der Waals surface area contributed by atoms with Gasteiger partial charge in [-0.05, 0) is 12.3 Å². The van der Waals surface area contributed by atoms with Crippen molar-refractivity contribution in [3.63, 3.8) is 0 Å². The predicted molar refractivity (Wildman–Crippen MR) is 76.1 cm³/mol. The number of nitrogens with zero attached hydrogens (tertiary/aromatic N) is 4. The number of ether oxygens (including phenoxy) is 1. The third kappa shape index (κ3) is 2.23. The Bertz CT molecular complexity index is 754. The lowest BCUT2D eigenvalue weighted by Crippen LogP contribution is -2.05. The number of nitrogens with two attached hydrogens (primary N) is 1. The van der Waals surface area contributed by atoms with E-state index in [-0.39, 0.29) is 12.0 Å². The predicted octanol–water partition coefficient (Wildman–Crippen LogP) is 2.07. The molecule has 6 heteroatoms. The number of pyridine rings is 1. The van der Waals surface area contributed by atoms with Gasteiger partial charge in [-0.2, -0.15) is 15.0 Å². The van der Waals surface area contributed by atoms with Gasteiger partial charge in [0, 0.05) is 23.3 Å². The fourth-order valence-electron chi connectivity index (χ4n) is 1.98. The summed E-state index contributed by atoms with van der Waals surface area (Å²) in [5.74, 6) is 0.594. The quantitative estimate of drug-likeness (QED) is 0.781. The highest BCUT2D eigenvalue weighted by Crippen LogP contribution is 2.25. The summed E-state index contributed by atoms with van der Waals surface area (Å²) in [6.45, 7) is 2.33. The Morgan fingerprint density at radius 3 is 2.80 bits per heavy atom. The minimum Gasteiger partial charge on any atom is -0.464 e. The number of hydrogen-bond acceptors (Lipinski definition) is 6. The van der Waals surface area contributed by atoms with E-state index in [1.165, 1.54) is 0 Å². The van der Waals surface area contributed by atoms with Gasteiger partial charge >= 0.3 is 6.01 Å². The molecule has 0 bridgehead atoms. The lowest BCUT2D eigenvalue weighted by Gasteiger charge is -2.07. The van der Waals surface area contributed by atoms with Gasteiger partial charge in [0.2, 0.25) is 5.95 Å². The van der Waals surface area contributed by atoms with Crippen LogP contribution in [0.3, 0.4) is 0 Å². The van der Waals surface area contributed by atoms with Gasteiger partial charge in [0.1, 0.15) is 0 Å². The minimum absolute atomic E-state index is 0.131. The number of aromatic nitrogens is 4. The van der Waals surface area contributed by atoms with Crippen molar-refractivity contribution in [2.75, 3.05) is 12.3 Å². The van der Waals surface area contributed by atoms with E-state index < -0.39 is 0 Å². The van der Waals surface area contributed by atoms with Crippen molar-refractivity contribution in [3.05, 3.63) is 36.7 Å². The molecule has 0 unspecified atom stereocenters. The van der Waals surface area contributed by atoms with Gasteiger partial charge < -0.3 is 10.5 Å². The number of fused-ring (bicyclic) bond motifs is 1. The number of nitrogen functional groups attached to an aromatic ring is 1. The van der Waals surface area contributed by atoms with E-state index >= 15 is 0 Å². The molecule has 20 heavy (non-hydrogen) atoms. The molecule has 0 saturated heterocycles. The van der Waals surface area contributed by atoms with Crippen LogP contribution < -0.4 is 10.5 Å². The zero-order chi connectivity index (χ0) is 13.9. The molecular weight excluding hydrogens is 254 g/mol. The van der Waals surface area contributed by atoms with E-state index in [1.807, 2.05) is 31.2 Å². The highest BCUT2D eigenvalue weighted by molar-refractivity contribution is 5.94. The molecule has 3 rings (SSSR count). The molecule has 0 saturated carbocycles. The van der Waals surface area contributed by atoms with Crippen LogP contribution in [-0.2, 0) is 0 Å². The largest absolute Gasteiger partial charge is 0.464 e. The van der Waals surface area contributed by atoms with Crippen LogP contribution in [0.1, 0.15) is 6.92 Å². The molecule has 2 N–H and O–H groups in total. The van der Waals surface area contributed by atoms with Gasteiger partial charge in [-0.15, -0.1) is 0 Å². The fourth-order valence-corrected chi connectivity index (χ4v) is 1.98. The van der Waals surface area contributed by atoms with E-state index in [2.05, 4.69) is 19.9 Å². The first kappa shape index (κ1) is 12.3. The molecule has 100 valence electrons. The minimum atomic E-state index is 0.131. The summed E-state index contributed by atoms with van der Waals surface area (Å²) in [5.41, 5.74) is 6.51. The van der Waals surface area contributed by atoms with Crippen LogP contribution in [0.5, 0.6) is 6.01 Å². The molecule has 0 fully saturated rings. The monoisotopic (exact) mass is 267 g/mol. The first-order valence-electron chi connectivity index (χ1n) is 6.25. The maximum absolute atomic E-state index is 5.71. The summed E-state index contributed by atoms with van der Waals surface area (Å²) in [6.07, 6.45) is 3.51. The SMILES string of the molecule is CCOc1nc(N)nc(-c2cncc3ccccc23)n1. The lowest BCUT2D eigenvalue weighted by atomic mass is 10.1. The van der Waals surface area contributed by atoms with E-state index in [0.29, 0.717) is 12.4 Å². The van der Waals surface area contributed by atoms with E-state index in [1.54, 1.807) is 12.4 Å². The van der Waals surface area contributed by atoms with E-state index in [9.17, 15) is 0 Å². The van der Waals surface area contributed by atoms with Gasteiger partial charge in [0.15, 0.2) is 5.82 Å². The Morgan fingerprint density at radius 2 is 1.95 bits per heavy atom. The van der Waals surface area contributed by atoms with Gasteiger partial charge in [-0.25, -0.2) is 0 Å². The van der Waals surface area contributed by atoms with E-state index in [0.717, 1.165) is 16.3 Å². The fraction of sp³-hybridized carbons (Fsp3) is 0.143. The number of benzene rings is 1. The molecule has 0 aliphatic rings. The lowest BCUT2D eigenvalue weighted by molar-refractivity contribution is 0.312. The molecule has 0 atom stereocenters. The number of hydrogen-bond donors (Lipinski definition) is 1. The highest BCUT2D eigenvalue weighted by Gasteiger charge is 2.10. The van der Waals surface area contributed by atoms with E-state index in [4.69, 9.17) is 10.5 Å². The number of rotatable bonds is 3. The van der Waals surface area contributed by atoms with Gasteiger partial charge in [0.25, 0.3) is 0 Å². The molecule has 2 aromatic heterocycles. The van der Waals surface area contributed by atoms with Crippen molar-refractivity contribution in [1.82, 2.24) is 19.9 Å². The smallest absolute Gasteiger partial charge is 0.321 e. The van der Waals surface area contributed by atoms with Crippen molar-refractivity contribution < 1.29 is 4.74 Å². The Kier molecular flexibility index (Phi) is 3.12. The Labute approximate surface area is 115 Å². The van der Waals surface area contributed by atoms with Gasteiger partial charge in [0.05, 0.1) is 6.61 Å². The van der Waals surface area contributed by atoms with Crippen LogP contribution in [0.25, 0.3) is 22.2 Å². The zero-order valence-electron chi connectivity index (χ0n) is 10.9. The first-order chi connectivity index (χ1) is 9.78. The standard InChI is InChI=1S/C14H13N5O/c1-2-20-14-18-12(17-13(15)19-14)11-8-16-7-9-5-3-4-6-10(9)11/h3-8H,2H2,1H3,(H2,15,17,18,19). The van der Waals surface area contributed by atoms with Crippen LogP contribution in [0.4, 0.5) is 5.95 Å². The van der Waals surface area contributed by atoms with Crippen LogP contribution in [0.2, 0.25) is 0 Å². The maximum Gasteiger partial charge on any atom is 0.321 e. The molecule has 0 spiro atoms. The molecule has 0 amide bonds. The Hall–Kier alpha value is -2.76. The molecule has 0 aliphatic heterocycles. The molecule has 0 aliphatic carbocycles. The third-order valence-electron chi connectivity index (χ3n) is 2.81. The van der Waals surface area contributed by atoms with Crippen molar-refractivity contribution in [1.29, 1.82) is 0 Å². The Morgan fingerprint density at radius 1 is 1.10 bits per heavy atom. The maximum atomic E-state index is 5.71. The highest BCUT2D eigenvalue weighted by atomic mass is 16.5. The zero-order valence-corrected chi connectivity index (χ0v) is 10.9. The average molecular weight is 267 g/mol. The summed E-state index contributed by atoms with van der Waals surface area (Å²) in [6, 6.07) is 8.12. The van der Waals surface area contributed by atoms with Crippen LogP contribution in [0.15, 0.2) is 36.7 Å². The van der Waals surface area contributed by atoms with Crippen molar-refractivity contribution in [2.24, 2.45) is 0 Å². The molecule has 1 aromatic carbocycles. The van der Waals surface area contributed by atoms with Crippen LogP contribution in [0, 0.1) is 0 Å². The first-order valence-corrected chi connectivity index (χ1v) is 6.25. The molecule has 2 heterocycles. The molecule has 0 radical (unpaired) electrons. The van der Waals surface area contributed by atoms with Crippen molar-refractivity contribution in [2.45, 2.75) is 6.92 Å². The van der Waals surface area contributed by atoms with Crippen molar-refractivity contribution in [3.8, 4) is 17.4 Å². The van der Waals surface area contributed by atoms with Gasteiger partial charge in [-0.1, -0.05) is 24.3 Å². The summed E-state index contributed by atoms with van der Waals surface area (Å²) in [7, 11) is 0. The molecule has 3 aromatic rings. The van der Waals surface area contributed by atoms with Crippen LogP contribution >= 0.6 is 0 Å².